The molecule has 4 nitrogen and oxygen atoms in total. The van der Waals surface area contributed by atoms with Crippen LogP contribution >= 0.6 is 15.9 Å². The van der Waals surface area contributed by atoms with Gasteiger partial charge in [-0.05, 0) is 46.6 Å². The van der Waals surface area contributed by atoms with Crippen LogP contribution in [0.25, 0.3) is 0 Å². The summed E-state index contributed by atoms with van der Waals surface area (Å²) < 4.78 is 40.5. The van der Waals surface area contributed by atoms with Gasteiger partial charge in [-0.1, -0.05) is 12.1 Å². The maximum absolute atomic E-state index is 13.5. The molecule has 0 saturated heterocycles. The third kappa shape index (κ3) is 3.10. The van der Waals surface area contributed by atoms with Gasteiger partial charge in [-0.15, -0.1) is 0 Å². The molecule has 1 N–H and O–H groups in total. The Morgan fingerprint density at radius 3 is 2.63 bits per heavy atom. The number of nitrogens with one attached hydrogen (secondary N) is 1. The van der Waals surface area contributed by atoms with E-state index in [2.05, 4.69) is 25.6 Å². The third-order valence-corrected chi connectivity index (χ3v) is 4.64. The van der Waals surface area contributed by atoms with Gasteiger partial charge < -0.3 is 0 Å². The van der Waals surface area contributed by atoms with Gasteiger partial charge in [-0.2, -0.15) is 0 Å². The van der Waals surface area contributed by atoms with E-state index >= 15 is 0 Å². The van der Waals surface area contributed by atoms with Crippen molar-refractivity contribution in [2.45, 2.75) is 11.8 Å². The van der Waals surface area contributed by atoms with E-state index in [1.165, 1.54) is 24.4 Å². The molecule has 0 amide bonds. The molecule has 0 fully saturated rings. The molecule has 0 aliphatic carbocycles. The number of sulfonamides is 1. The number of nitrogens with zero attached hydrogens (tertiary/aromatic N) is 1. The molecule has 19 heavy (non-hydrogen) atoms. The van der Waals surface area contributed by atoms with Crippen molar-refractivity contribution >= 4 is 31.6 Å². The van der Waals surface area contributed by atoms with E-state index in [4.69, 9.17) is 0 Å². The van der Waals surface area contributed by atoms with Gasteiger partial charge in [0.1, 0.15) is 15.3 Å². The molecule has 0 aliphatic heterocycles. The van der Waals surface area contributed by atoms with Crippen LogP contribution in [0.5, 0.6) is 0 Å². The minimum Gasteiger partial charge on any atom is -0.278 e. The number of benzene rings is 1. The van der Waals surface area contributed by atoms with Gasteiger partial charge in [0.15, 0.2) is 0 Å². The minimum absolute atomic E-state index is 0.281. The number of hydrogen-bond donors (Lipinski definition) is 1. The highest BCUT2D eigenvalue weighted by molar-refractivity contribution is 9.10. The van der Waals surface area contributed by atoms with Crippen LogP contribution in [0.1, 0.15) is 5.56 Å². The maximum atomic E-state index is 13.5. The standard InChI is InChI=1S/C12H10BrFN2O2S/c1-8-6-9(7-15-12(8)13)16-19(17,18)11-5-3-2-4-10(11)14/h2-7,16H,1H3. The van der Waals surface area contributed by atoms with E-state index in [0.29, 0.717) is 4.60 Å². The van der Waals surface area contributed by atoms with Crippen molar-refractivity contribution in [2.24, 2.45) is 0 Å². The van der Waals surface area contributed by atoms with Gasteiger partial charge in [0.25, 0.3) is 10.0 Å². The van der Waals surface area contributed by atoms with Crippen LogP contribution < -0.4 is 4.72 Å². The van der Waals surface area contributed by atoms with Gasteiger partial charge >= 0.3 is 0 Å². The van der Waals surface area contributed by atoms with E-state index < -0.39 is 20.7 Å². The van der Waals surface area contributed by atoms with Gasteiger partial charge in [0.2, 0.25) is 0 Å². The van der Waals surface area contributed by atoms with Crippen LogP contribution in [0.2, 0.25) is 0 Å². The van der Waals surface area contributed by atoms with Crippen molar-refractivity contribution in [3.05, 3.63) is 52.5 Å². The molecule has 1 heterocycles. The summed E-state index contributed by atoms with van der Waals surface area (Å²) in [4.78, 5) is 3.58. The Bertz CT molecular complexity index is 719. The molecule has 0 spiro atoms. The summed E-state index contributed by atoms with van der Waals surface area (Å²) >= 11 is 3.22. The Kier molecular flexibility index (Phi) is 3.86. The van der Waals surface area contributed by atoms with Gasteiger partial charge in [0, 0.05) is 0 Å². The Labute approximate surface area is 118 Å². The minimum atomic E-state index is -3.95. The van der Waals surface area contributed by atoms with Crippen molar-refractivity contribution in [1.82, 2.24) is 4.98 Å². The van der Waals surface area contributed by atoms with Crippen LogP contribution in [-0.4, -0.2) is 13.4 Å². The van der Waals surface area contributed by atoms with E-state index in [9.17, 15) is 12.8 Å². The van der Waals surface area contributed by atoms with Crippen LogP contribution in [0.4, 0.5) is 10.1 Å². The lowest BCUT2D eigenvalue weighted by molar-refractivity contribution is 0.570. The quantitative estimate of drug-likeness (QED) is 0.870. The zero-order valence-electron chi connectivity index (χ0n) is 9.89. The molecule has 1 aromatic carbocycles. The summed E-state index contributed by atoms with van der Waals surface area (Å²) in [6, 6.07) is 6.80. The number of pyridine rings is 1. The Hall–Kier alpha value is -1.47. The SMILES string of the molecule is Cc1cc(NS(=O)(=O)c2ccccc2F)cnc1Br. The molecule has 0 unspecified atom stereocenters. The molecule has 7 heteroatoms. The summed E-state index contributed by atoms with van der Waals surface area (Å²) in [5, 5.41) is 0. The normalized spacial score (nSPS) is 11.3. The molecule has 0 aliphatic rings. The fraction of sp³-hybridized carbons (Fsp3) is 0.0833. The lowest BCUT2D eigenvalue weighted by Gasteiger charge is -2.09. The van der Waals surface area contributed by atoms with E-state index in [0.717, 1.165) is 11.6 Å². The topological polar surface area (TPSA) is 59.1 Å². The second-order valence-corrected chi connectivity index (χ2v) is 6.27. The predicted molar refractivity (Wildman–Crippen MR) is 73.9 cm³/mol. The third-order valence-electron chi connectivity index (χ3n) is 2.39. The van der Waals surface area contributed by atoms with Gasteiger partial charge in [-0.3, -0.25) is 4.72 Å². The van der Waals surface area contributed by atoms with Crippen molar-refractivity contribution in [2.75, 3.05) is 4.72 Å². The van der Waals surface area contributed by atoms with E-state index in [1.807, 2.05) is 0 Å². The lowest BCUT2D eigenvalue weighted by atomic mass is 10.3. The van der Waals surface area contributed by atoms with E-state index in [1.54, 1.807) is 13.0 Å². The summed E-state index contributed by atoms with van der Waals surface area (Å²) in [6.07, 6.45) is 1.36. The average Bonchev–Trinajstić information content (AvgIpc) is 2.34. The number of anilines is 1. The summed E-state index contributed by atoms with van der Waals surface area (Å²) in [6.45, 7) is 1.78. The molecule has 0 saturated carbocycles. The van der Waals surface area contributed by atoms with Gasteiger partial charge in [-0.25, -0.2) is 17.8 Å². The molecule has 0 bridgehead atoms. The molecule has 100 valence electrons. The average molecular weight is 345 g/mol. The van der Waals surface area contributed by atoms with Crippen LogP contribution in [0, 0.1) is 12.7 Å². The molecule has 0 radical (unpaired) electrons. The monoisotopic (exact) mass is 344 g/mol. The number of aryl methyl sites for hydroxylation is 1. The first-order valence-corrected chi connectivity index (χ1v) is 7.57. The molecule has 1 aromatic heterocycles. The Balaban J connectivity index is 2.37. The number of aromatic nitrogens is 1. The summed E-state index contributed by atoms with van der Waals surface area (Å²) in [5.74, 6) is -0.795. The molecule has 2 aromatic rings. The number of halogens is 2. The van der Waals surface area contributed by atoms with Crippen LogP contribution in [0.15, 0.2) is 46.0 Å². The first-order chi connectivity index (χ1) is 8.90. The van der Waals surface area contributed by atoms with Crippen molar-refractivity contribution < 1.29 is 12.8 Å². The largest absolute Gasteiger partial charge is 0.278 e. The molecule has 0 atom stereocenters. The first-order valence-electron chi connectivity index (χ1n) is 5.29. The fourth-order valence-corrected chi connectivity index (χ4v) is 2.82. The predicted octanol–water partition coefficient (Wildman–Crippen LogP) is 3.09. The zero-order chi connectivity index (χ0) is 14.0. The number of hydrogen-bond acceptors (Lipinski definition) is 3. The highest BCUT2D eigenvalue weighted by Crippen LogP contribution is 2.21. The van der Waals surface area contributed by atoms with Gasteiger partial charge in [0.05, 0.1) is 11.9 Å². The summed E-state index contributed by atoms with van der Waals surface area (Å²) in [5.41, 5.74) is 1.05. The van der Waals surface area contributed by atoms with E-state index in [-0.39, 0.29) is 5.69 Å². The number of rotatable bonds is 3. The molecular weight excluding hydrogens is 335 g/mol. The lowest BCUT2D eigenvalue weighted by Crippen LogP contribution is -2.14. The first kappa shape index (κ1) is 14.0. The maximum Gasteiger partial charge on any atom is 0.264 e. The molecule has 2 rings (SSSR count). The fourth-order valence-electron chi connectivity index (χ4n) is 1.49. The van der Waals surface area contributed by atoms with Crippen molar-refractivity contribution in [3.8, 4) is 0 Å². The smallest absolute Gasteiger partial charge is 0.264 e. The highest BCUT2D eigenvalue weighted by Gasteiger charge is 2.18. The Morgan fingerprint density at radius 1 is 1.32 bits per heavy atom. The summed E-state index contributed by atoms with van der Waals surface area (Å²) in [7, 11) is -3.95. The van der Waals surface area contributed by atoms with Crippen LogP contribution in [-0.2, 0) is 10.0 Å². The van der Waals surface area contributed by atoms with Crippen molar-refractivity contribution in [1.29, 1.82) is 0 Å². The highest BCUT2D eigenvalue weighted by atomic mass is 79.9. The molecular formula is C12H10BrFN2O2S. The Morgan fingerprint density at radius 2 is 2.00 bits per heavy atom. The van der Waals surface area contributed by atoms with Crippen LogP contribution in [0.3, 0.4) is 0 Å². The zero-order valence-corrected chi connectivity index (χ0v) is 12.3. The van der Waals surface area contributed by atoms with Crippen molar-refractivity contribution in [3.63, 3.8) is 0 Å². The second kappa shape index (κ2) is 5.26. The second-order valence-electron chi connectivity index (χ2n) is 3.87.